The Kier molecular flexibility index (Phi) is 5.53. The summed E-state index contributed by atoms with van der Waals surface area (Å²) in [7, 11) is 0. The van der Waals surface area contributed by atoms with Crippen LogP contribution in [-0.2, 0) is 14.3 Å². The van der Waals surface area contributed by atoms with Gasteiger partial charge in [-0.25, -0.2) is 0 Å². The molecule has 208 valence electrons. The third-order valence-corrected chi connectivity index (χ3v) is 12.0. The molecule has 6 fully saturated rings. The van der Waals surface area contributed by atoms with Crippen molar-refractivity contribution in [3.8, 4) is 0 Å². The van der Waals surface area contributed by atoms with E-state index >= 15 is 0 Å². The van der Waals surface area contributed by atoms with Gasteiger partial charge in [0.05, 0.1) is 29.6 Å². The summed E-state index contributed by atoms with van der Waals surface area (Å²) in [5.74, 6) is -4.70. The molecule has 3 aliphatic carbocycles. The first-order valence-electron chi connectivity index (χ1n) is 13.9. The van der Waals surface area contributed by atoms with Crippen LogP contribution in [0.15, 0.2) is 0 Å². The SMILES string of the molecule is C[C@H]1CC[C@@H]2N(C1)C[C@@H]1[C@H]([C@@H](O)[C@H](O)[C@]3(O)[C@H]1C[C@@]14OC(=O)[C@@H](C[C@@H](O)[C@@H]31)[C@@]4(C)CCC(=O)O)[C@]2(C)O. The molecule has 0 amide bonds. The minimum Gasteiger partial charge on any atom is -0.481 e. The van der Waals surface area contributed by atoms with E-state index in [4.69, 9.17) is 4.74 Å². The Labute approximate surface area is 216 Å². The van der Waals surface area contributed by atoms with E-state index < -0.39 is 82.1 Å². The molecule has 0 aromatic carbocycles. The lowest BCUT2D eigenvalue weighted by molar-refractivity contribution is -0.289. The summed E-state index contributed by atoms with van der Waals surface area (Å²) < 4.78 is 6.09. The highest BCUT2D eigenvalue weighted by molar-refractivity contribution is 5.78. The molecule has 6 rings (SSSR count). The second kappa shape index (κ2) is 7.88. The van der Waals surface area contributed by atoms with E-state index in [2.05, 4.69) is 11.8 Å². The predicted molar refractivity (Wildman–Crippen MR) is 128 cm³/mol. The van der Waals surface area contributed by atoms with Crippen LogP contribution in [-0.4, -0.2) is 102 Å². The molecule has 0 aromatic rings. The van der Waals surface area contributed by atoms with Crippen LogP contribution in [0, 0.1) is 40.9 Å². The Morgan fingerprint density at radius 2 is 1.84 bits per heavy atom. The number of aliphatic hydroxyl groups is 5. The topological polar surface area (TPSA) is 168 Å². The van der Waals surface area contributed by atoms with E-state index in [1.54, 1.807) is 6.92 Å². The molecular formula is C27H41NO9. The number of fused-ring (bicyclic) bond motifs is 6. The molecule has 6 aliphatic rings. The van der Waals surface area contributed by atoms with Crippen molar-refractivity contribution in [3.63, 3.8) is 0 Å². The lowest BCUT2D eigenvalue weighted by atomic mass is 9.51. The van der Waals surface area contributed by atoms with Crippen molar-refractivity contribution in [2.24, 2.45) is 40.9 Å². The number of rotatable bonds is 3. The van der Waals surface area contributed by atoms with E-state index in [1.165, 1.54) is 0 Å². The Bertz CT molecular complexity index is 1000. The maximum absolute atomic E-state index is 13.1. The van der Waals surface area contributed by atoms with Crippen molar-refractivity contribution in [3.05, 3.63) is 0 Å². The fourth-order valence-electron chi connectivity index (χ4n) is 10.4. The summed E-state index contributed by atoms with van der Waals surface area (Å²) in [5, 5.41) is 68.2. The van der Waals surface area contributed by atoms with E-state index in [9.17, 15) is 40.2 Å². The van der Waals surface area contributed by atoms with Gasteiger partial charge in [0.1, 0.15) is 17.3 Å². The van der Waals surface area contributed by atoms with E-state index in [-0.39, 0.29) is 31.7 Å². The highest BCUT2D eigenvalue weighted by Crippen LogP contribution is 2.72. The summed E-state index contributed by atoms with van der Waals surface area (Å²) in [6.07, 6.45) is -2.49. The Hall–Kier alpha value is -1.30. The van der Waals surface area contributed by atoms with Crippen molar-refractivity contribution in [2.45, 2.75) is 100 Å². The highest BCUT2D eigenvalue weighted by atomic mass is 16.6. The fourth-order valence-corrected chi connectivity index (χ4v) is 10.4. The number of piperidine rings is 2. The number of carboxylic acids is 1. The van der Waals surface area contributed by atoms with Crippen LogP contribution >= 0.6 is 0 Å². The molecule has 2 bridgehead atoms. The molecule has 10 heteroatoms. The largest absolute Gasteiger partial charge is 0.481 e. The average Bonchev–Trinajstić information content (AvgIpc) is 3.14. The summed E-state index contributed by atoms with van der Waals surface area (Å²) >= 11 is 0. The van der Waals surface area contributed by atoms with Crippen LogP contribution in [0.25, 0.3) is 0 Å². The van der Waals surface area contributed by atoms with Crippen molar-refractivity contribution in [1.82, 2.24) is 4.90 Å². The zero-order chi connectivity index (χ0) is 26.9. The van der Waals surface area contributed by atoms with Gasteiger partial charge in [0, 0.05) is 36.9 Å². The second-order valence-electron chi connectivity index (χ2n) is 13.7. The van der Waals surface area contributed by atoms with Crippen LogP contribution in [0.5, 0.6) is 0 Å². The molecule has 0 radical (unpaired) electrons. The van der Waals surface area contributed by atoms with Gasteiger partial charge in [0.15, 0.2) is 0 Å². The monoisotopic (exact) mass is 523 g/mol. The van der Waals surface area contributed by atoms with Crippen molar-refractivity contribution < 1.29 is 45.0 Å². The maximum atomic E-state index is 13.1. The summed E-state index contributed by atoms with van der Waals surface area (Å²) in [5.41, 5.74) is -5.64. The average molecular weight is 524 g/mol. The Morgan fingerprint density at radius 1 is 1.14 bits per heavy atom. The van der Waals surface area contributed by atoms with E-state index in [0.29, 0.717) is 12.5 Å². The van der Waals surface area contributed by atoms with Crippen LogP contribution in [0.3, 0.4) is 0 Å². The summed E-state index contributed by atoms with van der Waals surface area (Å²) in [6.45, 7) is 6.98. The molecule has 3 heterocycles. The molecule has 3 saturated heterocycles. The number of carboxylic acid groups (broad SMARTS) is 1. The minimum absolute atomic E-state index is 0.00324. The third-order valence-electron chi connectivity index (χ3n) is 12.0. The zero-order valence-electron chi connectivity index (χ0n) is 21.8. The number of esters is 1. The number of carbonyl (C=O) groups is 2. The van der Waals surface area contributed by atoms with Crippen LogP contribution in [0.1, 0.15) is 59.3 Å². The Balaban J connectivity index is 1.47. The Morgan fingerprint density at radius 3 is 2.51 bits per heavy atom. The van der Waals surface area contributed by atoms with Gasteiger partial charge in [-0.15, -0.1) is 0 Å². The minimum atomic E-state index is -1.97. The molecule has 0 aromatic heterocycles. The van der Waals surface area contributed by atoms with Crippen LogP contribution in [0.2, 0.25) is 0 Å². The number of nitrogens with zero attached hydrogens (tertiary/aromatic N) is 1. The number of aliphatic hydroxyl groups excluding tert-OH is 3. The lowest BCUT2D eigenvalue weighted by Crippen LogP contribution is -2.76. The molecule has 6 N–H and O–H groups in total. The van der Waals surface area contributed by atoms with Crippen molar-refractivity contribution in [2.75, 3.05) is 13.1 Å². The summed E-state index contributed by atoms with van der Waals surface area (Å²) in [4.78, 5) is 26.9. The van der Waals surface area contributed by atoms with E-state index in [1.807, 2.05) is 6.92 Å². The first kappa shape index (κ1) is 26.0. The van der Waals surface area contributed by atoms with Gasteiger partial charge in [-0.3, -0.25) is 14.5 Å². The maximum Gasteiger partial charge on any atom is 0.310 e. The van der Waals surface area contributed by atoms with Gasteiger partial charge in [0.2, 0.25) is 0 Å². The molecule has 0 unspecified atom stereocenters. The standard InChI is InChI=1S/C27H41NO9/c1-12-4-5-17-25(3,35)19-13(11-28(17)10-12)15-9-26-21(27(15,36)22(33)20(19)32)16(29)8-14(23(34)37-26)24(26,2)7-6-18(30)31/h12-17,19-22,29,32-33,35-36H,4-11H2,1-3H3,(H,30,31)/t12-,13-,14+,15-,16+,17-,19+,20+,21+,22-,24+,25+,26+,27-/m0/s1. The van der Waals surface area contributed by atoms with Crippen LogP contribution in [0.4, 0.5) is 0 Å². The van der Waals surface area contributed by atoms with Crippen molar-refractivity contribution in [1.29, 1.82) is 0 Å². The van der Waals surface area contributed by atoms with Gasteiger partial charge < -0.3 is 35.4 Å². The number of aliphatic carboxylic acids is 1. The first-order valence-corrected chi connectivity index (χ1v) is 13.9. The first-order chi connectivity index (χ1) is 17.2. The smallest absolute Gasteiger partial charge is 0.310 e. The van der Waals surface area contributed by atoms with Gasteiger partial charge in [0.25, 0.3) is 0 Å². The quantitative estimate of drug-likeness (QED) is 0.271. The third kappa shape index (κ3) is 3.03. The fraction of sp³-hybridized carbons (Fsp3) is 0.926. The van der Waals surface area contributed by atoms with Gasteiger partial charge in [-0.2, -0.15) is 0 Å². The van der Waals surface area contributed by atoms with Crippen molar-refractivity contribution >= 4 is 11.9 Å². The molecular weight excluding hydrogens is 482 g/mol. The van der Waals surface area contributed by atoms with Gasteiger partial charge in [-0.05, 0) is 56.8 Å². The molecule has 37 heavy (non-hydrogen) atoms. The van der Waals surface area contributed by atoms with Crippen LogP contribution < -0.4 is 0 Å². The number of ether oxygens (including phenoxy) is 1. The predicted octanol–water partition coefficient (Wildman–Crippen LogP) is -0.266. The second-order valence-corrected chi connectivity index (χ2v) is 13.7. The zero-order valence-corrected chi connectivity index (χ0v) is 21.8. The number of hydrogen-bond donors (Lipinski definition) is 6. The van der Waals surface area contributed by atoms with Gasteiger partial charge >= 0.3 is 11.9 Å². The van der Waals surface area contributed by atoms with E-state index in [0.717, 1.165) is 19.4 Å². The molecule has 3 aliphatic heterocycles. The molecule has 14 atom stereocenters. The molecule has 1 spiro atoms. The summed E-state index contributed by atoms with van der Waals surface area (Å²) in [6, 6.07) is -0.181. The molecule has 10 nitrogen and oxygen atoms in total. The molecule has 3 saturated carbocycles. The van der Waals surface area contributed by atoms with Gasteiger partial charge in [-0.1, -0.05) is 13.8 Å². The normalized spacial score (nSPS) is 58.6. The highest BCUT2D eigenvalue weighted by Gasteiger charge is 2.83. The number of carbonyl (C=O) groups excluding carboxylic acids is 1. The lowest BCUT2D eigenvalue weighted by Gasteiger charge is -2.63. The number of hydrogen-bond acceptors (Lipinski definition) is 9.